The normalized spacial score (nSPS) is 20.8. The average Bonchev–Trinajstić information content (AvgIpc) is 3.08. The van der Waals surface area contributed by atoms with Crippen LogP contribution in [-0.2, 0) is 19.4 Å². The molecule has 2 aliphatic rings. The molecule has 0 atom stereocenters. The van der Waals surface area contributed by atoms with Crippen LogP contribution in [0.2, 0.25) is 0 Å². The van der Waals surface area contributed by atoms with Crippen molar-refractivity contribution in [1.82, 2.24) is 14.5 Å². The molecule has 0 bridgehead atoms. The summed E-state index contributed by atoms with van der Waals surface area (Å²) in [5.41, 5.74) is 2.56. The van der Waals surface area contributed by atoms with E-state index < -0.39 is 12.5 Å². The number of hydrogen-bond acceptors (Lipinski definition) is 5. The third kappa shape index (κ3) is 7.69. The predicted molar refractivity (Wildman–Crippen MR) is 140 cm³/mol. The molecule has 2 aromatic rings. The van der Waals surface area contributed by atoms with Gasteiger partial charge in [0.05, 0.1) is 5.69 Å². The fourth-order valence-corrected chi connectivity index (χ4v) is 5.66. The summed E-state index contributed by atoms with van der Waals surface area (Å²) in [6.07, 6.45) is 7.80. The van der Waals surface area contributed by atoms with Crippen molar-refractivity contribution in [2.24, 2.45) is 11.8 Å². The highest BCUT2D eigenvalue weighted by Crippen LogP contribution is 2.33. The minimum Gasteiger partial charge on any atom is -0.471 e. The Morgan fingerprint density at radius 3 is 2.54 bits per heavy atom. The number of nitrogens with zero attached hydrogens (tertiary/aromatic N) is 3. The first-order chi connectivity index (χ1) is 17.7. The Hall–Kier alpha value is -2.61. The molecule has 8 heteroatoms. The summed E-state index contributed by atoms with van der Waals surface area (Å²) < 4.78 is 33.0. The van der Waals surface area contributed by atoms with Crippen molar-refractivity contribution in [1.29, 1.82) is 0 Å². The Labute approximate surface area is 218 Å². The predicted octanol–water partition coefficient (Wildman–Crippen LogP) is 5.17. The molecule has 2 aromatic heterocycles. The van der Waals surface area contributed by atoms with E-state index in [4.69, 9.17) is 4.74 Å². The summed E-state index contributed by atoms with van der Waals surface area (Å²) in [6.45, 7) is 5.52. The molecular weight excluding hydrogens is 476 g/mol. The number of hydrogen-bond donors (Lipinski definition) is 0. The van der Waals surface area contributed by atoms with Gasteiger partial charge in [0.25, 0.3) is 11.5 Å². The van der Waals surface area contributed by atoms with Gasteiger partial charge in [0, 0.05) is 57.2 Å². The second-order valence-corrected chi connectivity index (χ2v) is 10.8. The molecule has 1 aliphatic heterocycles. The molecule has 0 aromatic carbocycles. The first-order valence-corrected chi connectivity index (χ1v) is 13.7. The van der Waals surface area contributed by atoms with Gasteiger partial charge in [0.1, 0.15) is 0 Å². The average molecular weight is 516 g/mol. The number of carbonyl (C=O) groups excluding carboxylic acids is 1. The lowest BCUT2D eigenvalue weighted by Crippen LogP contribution is -2.30. The van der Waals surface area contributed by atoms with Gasteiger partial charge >= 0.3 is 0 Å². The van der Waals surface area contributed by atoms with Crippen molar-refractivity contribution in [3.05, 3.63) is 57.6 Å². The smallest absolute Gasteiger partial charge is 0.278 e. The second kappa shape index (κ2) is 12.3. The number of rotatable bonds is 10. The van der Waals surface area contributed by atoms with Crippen molar-refractivity contribution >= 4 is 5.78 Å². The van der Waals surface area contributed by atoms with E-state index in [1.165, 1.54) is 11.6 Å². The molecule has 1 aliphatic carbocycles. The number of carbonyl (C=O) groups is 1. The number of pyridine rings is 2. The van der Waals surface area contributed by atoms with Gasteiger partial charge in [-0.2, -0.15) is 0 Å². The summed E-state index contributed by atoms with van der Waals surface area (Å²) in [7, 11) is 0. The third-order valence-corrected chi connectivity index (χ3v) is 7.82. The Bertz CT molecular complexity index is 1120. The number of alkyl halides is 2. The number of ketones is 1. The van der Waals surface area contributed by atoms with Crippen LogP contribution in [0.1, 0.15) is 74.1 Å². The first kappa shape index (κ1) is 27.4. The highest BCUT2D eigenvalue weighted by atomic mass is 19.3. The molecular formula is C29H39F2N3O3. The molecule has 0 radical (unpaired) electrons. The molecule has 0 amide bonds. The largest absolute Gasteiger partial charge is 0.471 e. The van der Waals surface area contributed by atoms with Crippen LogP contribution in [-0.4, -0.2) is 52.4 Å². The molecule has 202 valence electrons. The molecule has 37 heavy (non-hydrogen) atoms. The number of halogens is 2. The molecule has 0 spiro atoms. The Balaban J connectivity index is 1.20. The van der Waals surface area contributed by atoms with Crippen molar-refractivity contribution in [3.63, 3.8) is 0 Å². The quantitative estimate of drug-likeness (QED) is 0.409. The van der Waals surface area contributed by atoms with Crippen molar-refractivity contribution in [3.8, 4) is 5.88 Å². The minimum absolute atomic E-state index is 0.0812. The Morgan fingerprint density at radius 1 is 1.08 bits per heavy atom. The summed E-state index contributed by atoms with van der Waals surface area (Å²) in [4.78, 5) is 31.9. The van der Waals surface area contributed by atoms with Crippen LogP contribution in [0.5, 0.6) is 5.88 Å². The number of aromatic nitrogens is 2. The van der Waals surface area contributed by atoms with Gasteiger partial charge in [0.15, 0.2) is 12.4 Å². The maximum absolute atomic E-state index is 13.1. The fraction of sp³-hybridized carbons (Fsp3) is 0.621. The molecule has 1 fully saturated rings. The first-order valence-electron chi connectivity index (χ1n) is 13.7. The molecule has 0 N–H and O–H groups in total. The summed E-state index contributed by atoms with van der Waals surface area (Å²) >= 11 is 0. The van der Waals surface area contributed by atoms with Crippen LogP contribution >= 0.6 is 0 Å². The molecule has 4 rings (SSSR count). The van der Waals surface area contributed by atoms with E-state index in [2.05, 4.69) is 9.88 Å². The van der Waals surface area contributed by atoms with Crippen molar-refractivity contribution < 1.29 is 18.3 Å². The van der Waals surface area contributed by atoms with Gasteiger partial charge in [-0.15, -0.1) is 0 Å². The maximum Gasteiger partial charge on any atom is 0.278 e. The summed E-state index contributed by atoms with van der Waals surface area (Å²) in [5, 5.41) is 0. The Kier molecular flexibility index (Phi) is 9.11. The number of ether oxygens (including phenoxy) is 1. The fourth-order valence-electron chi connectivity index (χ4n) is 5.66. The zero-order valence-electron chi connectivity index (χ0n) is 22.1. The second-order valence-electron chi connectivity index (χ2n) is 10.8. The van der Waals surface area contributed by atoms with Gasteiger partial charge in [-0.25, -0.2) is 13.8 Å². The van der Waals surface area contributed by atoms with Crippen LogP contribution in [0.25, 0.3) is 0 Å². The van der Waals surface area contributed by atoms with E-state index in [0.717, 1.165) is 77.2 Å². The number of Topliss-reactive ketones (excluding diaryl/α,β-unsaturated/α-hetero) is 1. The van der Waals surface area contributed by atoms with E-state index in [1.807, 2.05) is 13.0 Å². The van der Waals surface area contributed by atoms with Gasteiger partial charge in [0.2, 0.25) is 5.88 Å². The third-order valence-electron chi connectivity index (χ3n) is 7.82. The van der Waals surface area contributed by atoms with Crippen LogP contribution in [0.15, 0.2) is 35.1 Å². The Morgan fingerprint density at radius 2 is 1.81 bits per heavy atom. The van der Waals surface area contributed by atoms with Gasteiger partial charge in [-0.3, -0.25) is 9.59 Å². The standard InChI is InChI=1S/C29H39F2N3O3/c1-3-34-25(5-4-6-28(34)36)26(35)19-22-9-7-21(8-10-22)13-16-33-17-14-23-11-12-27(32-24(23)15-18-33)37-20-29(2,30)31/h4-6,11-12,21-22H,3,7-10,13-20H2,1-2H3. The highest BCUT2D eigenvalue weighted by molar-refractivity contribution is 5.94. The van der Waals surface area contributed by atoms with E-state index in [9.17, 15) is 18.4 Å². The highest BCUT2D eigenvalue weighted by Gasteiger charge is 2.26. The minimum atomic E-state index is -2.87. The number of fused-ring (bicyclic) bond motifs is 1. The lowest BCUT2D eigenvalue weighted by atomic mass is 9.78. The zero-order chi connectivity index (χ0) is 26.4. The molecule has 3 heterocycles. The van der Waals surface area contributed by atoms with E-state index in [-0.39, 0.29) is 17.2 Å². The van der Waals surface area contributed by atoms with E-state index >= 15 is 0 Å². The summed E-state index contributed by atoms with van der Waals surface area (Å²) in [5.74, 6) is -1.45. The van der Waals surface area contributed by atoms with Crippen LogP contribution in [0.3, 0.4) is 0 Å². The zero-order valence-corrected chi connectivity index (χ0v) is 22.1. The van der Waals surface area contributed by atoms with Gasteiger partial charge in [-0.1, -0.05) is 25.0 Å². The van der Waals surface area contributed by atoms with E-state index in [0.29, 0.717) is 30.5 Å². The van der Waals surface area contributed by atoms with Crippen LogP contribution < -0.4 is 10.3 Å². The lowest BCUT2D eigenvalue weighted by Gasteiger charge is -2.30. The molecule has 0 unspecified atom stereocenters. The summed E-state index contributed by atoms with van der Waals surface area (Å²) in [6, 6.07) is 8.62. The van der Waals surface area contributed by atoms with Crippen molar-refractivity contribution in [2.75, 3.05) is 26.2 Å². The van der Waals surface area contributed by atoms with Crippen molar-refractivity contribution in [2.45, 2.75) is 77.7 Å². The molecule has 1 saturated carbocycles. The lowest BCUT2D eigenvalue weighted by molar-refractivity contribution is -0.0243. The maximum atomic E-state index is 13.1. The van der Waals surface area contributed by atoms with Crippen LogP contribution in [0.4, 0.5) is 8.78 Å². The van der Waals surface area contributed by atoms with Gasteiger partial charge < -0.3 is 14.2 Å². The molecule has 0 saturated heterocycles. The van der Waals surface area contributed by atoms with Gasteiger partial charge in [-0.05, 0) is 62.6 Å². The monoisotopic (exact) mass is 515 g/mol. The van der Waals surface area contributed by atoms with E-state index in [1.54, 1.807) is 22.8 Å². The topological polar surface area (TPSA) is 64.4 Å². The van der Waals surface area contributed by atoms with Crippen LogP contribution in [0, 0.1) is 11.8 Å². The SMILES string of the molecule is CCn1c(C(=O)CC2CCC(CCN3CCc4ccc(OCC(C)(F)F)nc4CC3)CC2)cccc1=O. The molecule has 6 nitrogen and oxygen atoms in total.